The molecule has 66 valence electrons. The Labute approximate surface area is 83.8 Å². The summed E-state index contributed by atoms with van der Waals surface area (Å²) >= 11 is 3.32. The normalized spacial score (nSPS) is 10.3. The van der Waals surface area contributed by atoms with Gasteiger partial charge in [0.25, 0.3) is 0 Å². The molecule has 0 amide bonds. The van der Waals surface area contributed by atoms with Crippen molar-refractivity contribution in [3.8, 4) is 5.82 Å². The third-order valence-electron chi connectivity index (χ3n) is 1.62. The predicted octanol–water partition coefficient (Wildman–Crippen LogP) is 1.73. The van der Waals surface area contributed by atoms with Crippen molar-refractivity contribution in [3.05, 3.63) is 35.0 Å². The van der Waals surface area contributed by atoms with E-state index in [2.05, 4.69) is 31.0 Å². The van der Waals surface area contributed by atoms with E-state index >= 15 is 0 Å². The summed E-state index contributed by atoms with van der Waals surface area (Å²) in [5.74, 6) is 0.758. The second-order valence-corrected chi connectivity index (χ2v) is 3.48. The molecule has 0 unspecified atom stereocenters. The van der Waals surface area contributed by atoms with Crippen molar-refractivity contribution in [3.63, 3.8) is 0 Å². The molecule has 13 heavy (non-hydrogen) atoms. The summed E-state index contributed by atoms with van der Waals surface area (Å²) in [5.41, 5.74) is 0.859. The lowest BCUT2D eigenvalue weighted by Crippen LogP contribution is -2.01. The van der Waals surface area contributed by atoms with Crippen molar-refractivity contribution in [1.82, 2.24) is 19.7 Å². The van der Waals surface area contributed by atoms with Crippen LogP contribution in [-0.4, -0.2) is 19.7 Å². The van der Waals surface area contributed by atoms with Crippen molar-refractivity contribution in [2.24, 2.45) is 0 Å². The molecule has 0 bridgehead atoms. The highest BCUT2D eigenvalue weighted by Crippen LogP contribution is 2.11. The number of aromatic nitrogens is 4. The number of rotatable bonds is 1. The van der Waals surface area contributed by atoms with Crippen molar-refractivity contribution in [2.45, 2.75) is 6.92 Å². The van der Waals surface area contributed by atoms with Crippen LogP contribution >= 0.6 is 15.9 Å². The summed E-state index contributed by atoms with van der Waals surface area (Å²) in [4.78, 5) is 8.31. The van der Waals surface area contributed by atoms with Crippen molar-refractivity contribution in [2.75, 3.05) is 0 Å². The zero-order valence-electron chi connectivity index (χ0n) is 6.98. The molecular formula is C8H7BrN4. The van der Waals surface area contributed by atoms with Crippen LogP contribution in [0.25, 0.3) is 5.82 Å². The fourth-order valence-electron chi connectivity index (χ4n) is 1.04. The van der Waals surface area contributed by atoms with Crippen molar-refractivity contribution >= 4 is 15.9 Å². The molecule has 0 aromatic carbocycles. The highest BCUT2D eigenvalue weighted by atomic mass is 79.9. The molecule has 0 aliphatic carbocycles. The van der Waals surface area contributed by atoms with Gasteiger partial charge in [-0.15, -0.1) is 0 Å². The van der Waals surface area contributed by atoms with E-state index in [0.717, 1.165) is 16.0 Å². The van der Waals surface area contributed by atoms with Gasteiger partial charge in [0, 0.05) is 18.6 Å². The average Bonchev–Trinajstić information content (AvgIpc) is 2.53. The van der Waals surface area contributed by atoms with Crippen LogP contribution in [0.4, 0.5) is 0 Å². The number of hydrogen-bond acceptors (Lipinski definition) is 3. The Morgan fingerprint density at radius 2 is 2.08 bits per heavy atom. The summed E-state index contributed by atoms with van der Waals surface area (Å²) in [5, 5.41) is 4.11. The molecule has 0 radical (unpaired) electrons. The van der Waals surface area contributed by atoms with Crippen LogP contribution < -0.4 is 0 Å². The maximum Gasteiger partial charge on any atom is 0.174 e. The summed E-state index contributed by atoms with van der Waals surface area (Å²) in [7, 11) is 0. The summed E-state index contributed by atoms with van der Waals surface area (Å²) in [6, 6.07) is 0. The molecule has 0 saturated carbocycles. The van der Waals surface area contributed by atoms with Gasteiger partial charge in [0.2, 0.25) is 0 Å². The molecule has 0 N–H and O–H groups in total. The first kappa shape index (κ1) is 8.37. The molecule has 2 aromatic heterocycles. The minimum absolute atomic E-state index is 0.758. The third-order valence-corrected chi connectivity index (χ3v) is 2.03. The Morgan fingerprint density at radius 3 is 2.69 bits per heavy atom. The van der Waals surface area contributed by atoms with Crippen LogP contribution in [0.1, 0.15) is 5.69 Å². The van der Waals surface area contributed by atoms with Gasteiger partial charge in [-0.25, -0.2) is 9.67 Å². The molecule has 0 aliphatic heterocycles. The van der Waals surface area contributed by atoms with Gasteiger partial charge >= 0.3 is 0 Å². The first-order valence-corrected chi connectivity index (χ1v) is 4.55. The maximum absolute atomic E-state index is 4.18. The Bertz CT molecular complexity index is 424. The standard InChI is InChI=1S/C8H7BrN4/c1-6-8(11-3-2-10-6)13-5-7(9)4-12-13/h2-5H,1H3. The second-order valence-electron chi connectivity index (χ2n) is 2.57. The topological polar surface area (TPSA) is 43.6 Å². The van der Waals surface area contributed by atoms with Crippen LogP contribution in [-0.2, 0) is 0 Å². The van der Waals surface area contributed by atoms with E-state index in [4.69, 9.17) is 0 Å². The zero-order valence-corrected chi connectivity index (χ0v) is 8.56. The van der Waals surface area contributed by atoms with Crippen LogP contribution in [0.3, 0.4) is 0 Å². The van der Waals surface area contributed by atoms with E-state index in [1.54, 1.807) is 23.3 Å². The van der Waals surface area contributed by atoms with Crippen LogP contribution in [0, 0.1) is 6.92 Å². The first-order chi connectivity index (χ1) is 6.27. The van der Waals surface area contributed by atoms with E-state index in [-0.39, 0.29) is 0 Å². The Hall–Kier alpha value is -1.23. The van der Waals surface area contributed by atoms with E-state index in [9.17, 15) is 0 Å². The third kappa shape index (κ3) is 1.60. The molecule has 0 fully saturated rings. The Kier molecular flexibility index (Phi) is 2.10. The van der Waals surface area contributed by atoms with Gasteiger partial charge in [0.05, 0.1) is 16.4 Å². The maximum atomic E-state index is 4.18. The largest absolute Gasteiger partial charge is 0.256 e. The lowest BCUT2D eigenvalue weighted by atomic mass is 10.4. The van der Waals surface area contributed by atoms with E-state index in [1.807, 2.05) is 13.1 Å². The van der Waals surface area contributed by atoms with E-state index in [0.29, 0.717) is 0 Å². The zero-order chi connectivity index (χ0) is 9.26. The van der Waals surface area contributed by atoms with Crippen LogP contribution in [0.5, 0.6) is 0 Å². The van der Waals surface area contributed by atoms with Crippen LogP contribution in [0.15, 0.2) is 29.3 Å². The van der Waals surface area contributed by atoms with Crippen LogP contribution in [0.2, 0.25) is 0 Å². The molecular weight excluding hydrogens is 232 g/mol. The minimum atomic E-state index is 0.758. The second kappa shape index (κ2) is 3.26. The number of aryl methyl sites for hydroxylation is 1. The van der Waals surface area contributed by atoms with Gasteiger partial charge in [-0.2, -0.15) is 5.10 Å². The lowest BCUT2D eigenvalue weighted by Gasteiger charge is -2.01. The Balaban J connectivity index is 2.52. The van der Waals surface area contributed by atoms with Crippen molar-refractivity contribution < 1.29 is 0 Å². The fourth-order valence-corrected chi connectivity index (χ4v) is 1.33. The molecule has 0 aliphatic rings. The van der Waals surface area contributed by atoms with Gasteiger partial charge in [-0.05, 0) is 22.9 Å². The minimum Gasteiger partial charge on any atom is -0.256 e. The number of hydrogen-bond donors (Lipinski definition) is 0. The molecule has 0 atom stereocenters. The van der Waals surface area contributed by atoms with Gasteiger partial charge in [0.15, 0.2) is 5.82 Å². The number of nitrogens with zero attached hydrogens (tertiary/aromatic N) is 4. The smallest absolute Gasteiger partial charge is 0.174 e. The Morgan fingerprint density at radius 1 is 1.31 bits per heavy atom. The highest BCUT2D eigenvalue weighted by Gasteiger charge is 2.03. The van der Waals surface area contributed by atoms with Gasteiger partial charge in [-0.3, -0.25) is 4.98 Å². The molecule has 2 rings (SSSR count). The van der Waals surface area contributed by atoms with Gasteiger partial charge < -0.3 is 0 Å². The summed E-state index contributed by atoms with van der Waals surface area (Å²) in [6.07, 6.45) is 6.88. The SMILES string of the molecule is Cc1nccnc1-n1cc(Br)cn1. The highest BCUT2D eigenvalue weighted by molar-refractivity contribution is 9.10. The average molecular weight is 239 g/mol. The summed E-state index contributed by atoms with van der Waals surface area (Å²) in [6.45, 7) is 1.90. The quantitative estimate of drug-likeness (QED) is 0.761. The van der Waals surface area contributed by atoms with E-state index < -0.39 is 0 Å². The molecule has 0 spiro atoms. The number of halogens is 1. The molecule has 4 nitrogen and oxygen atoms in total. The van der Waals surface area contributed by atoms with E-state index in [1.165, 1.54) is 0 Å². The molecule has 0 saturated heterocycles. The monoisotopic (exact) mass is 238 g/mol. The first-order valence-electron chi connectivity index (χ1n) is 3.75. The fraction of sp³-hybridized carbons (Fsp3) is 0.125. The van der Waals surface area contributed by atoms with Crippen molar-refractivity contribution in [1.29, 1.82) is 0 Å². The molecule has 2 aromatic rings. The lowest BCUT2D eigenvalue weighted by molar-refractivity contribution is 0.824. The summed E-state index contributed by atoms with van der Waals surface area (Å²) < 4.78 is 2.62. The molecule has 5 heteroatoms. The van der Waals surface area contributed by atoms with Gasteiger partial charge in [0.1, 0.15) is 0 Å². The van der Waals surface area contributed by atoms with Gasteiger partial charge in [-0.1, -0.05) is 0 Å². The molecule has 2 heterocycles. The predicted molar refractivity (Wildman–Crippen MR) is 51.6 cm³/mol.